The number of piperidine rings is 1. The van der Waals surface area contributed by atoms with E-state index in [1.54, 1.807) is 0 Å². The van der Waals surface area contributed by atoms with Crippen LogP contribution in [0.3, 0.4) is 0 Å². The number of hydrogen-bond acceptors (Lipinski definition) is 1. The van der Waals surface area contributed by atoms with E-state index in [1.165, 1.54) is 58.0 Å². The first-order valence-electron chi connectivity index (χ1n) is 6.88. The van der Waals surface area contributed by atoms with E-state index in [0.29, 0.717) is 6.04 Å². The van der Waals surface area contributed by atoms with Crippen LogP contribution >= 0.6 is 12.2 Å². The van der Waals surface area contributed by atoms with Gasteiger partial charge in [-0.1, -0.05) is 6.42 Å². The maximum atomic E-state index is 5.54. The molecular weight excluding hydrogens is 216 g/mol. The fraction of sp³-hybridized carbons (Fsp3) is 0.923. The average molecular weight is 238 g/mol. The molecule has 16 heavy (non-hydrogen) atoms. The van der Waals surface area contributed by atoms with Gasteiger partial charge in [-0.05, 0) is 62.6 Å². The molecule has 1 saturated heterocycles. The summed E-state index contributed by atoms with van der Waals surface area (Å²) in [5.74, 6) is 1.93. The third-order valence-corrected chi connectivity index (χ3v) is 5.07. The van der Waals surface area contributed by atoms with Gasteiger partial charge in [0.25, 0.3) is 0 Å². The molecular formula is C13H22N2S. The van der Waals surface area contributed by atoms with Crippen molar-refractivity contribution in [2.45, 2.75) is 51.0 Å². The summed E-state index contributed by atoms with van der Waals surface area (Å²) < 4.78 is 0. The third kappa shape index (κ3) is 2.06. The highest BCUT2D eigenvalue weighted by Gasteiger charge is 2.40. The summed E-state index contributed by atoms with van der Waals surface area (Å²) in [5.41, 5.74) is 0. The van der Waals surface area contributed by atoms with E-state index in [9.17, 15) is 0 Å². The minimum Gasteiger partial charge on any atom is -0.360 e. The molecule has 1 aliphatic heterocycles. The Labute approximate surface area is 104 Å². The first kappa shape index (κ1) is 10.8. The van der Waals surface area contributed by atoms with E-state index in [-0.39, 0.29) is 0 Å². The predicted octanol–water partition coefficient (Wildman–Crippen LogP) is 2.54. The molecule has 0 amide bonds. The average Bonchev–Trinajstić information content (AvgIpc) is 2.92. The van der Waals surface area contributed by atoms with Crippen LogP contribution in [0, 0.1) is 11.8 Å². The van der Waals surface area contributed by atoms with E-state index in [4.69, 9.17) is 12.2 Å². The number of nitrogens with one attached hydrogen (secondary N) is 1. The zero-order valence-electron chi connectivity index (χ0n) is 9.95. The summed E-state index contributed by atoms with van der Waals surface area (Å²) in [7, 11) is 0. The lowest BCUT2D eigenvalue weighted by Crippen LogP contribution is -2.48. The molecule has 0 aromatic carbocycles. The van der Waals surface area contributed by atoms with Crippen molar-refractivity contribution in [1.29, 1.82) is 0 Å². The Bertz CT molecular complexity index is 273. The number of nitrogens with zero attached hydrogens (tertiary/aromatic N) is 1. The molecule has 0 aromatic rings. The lowest BCUT2D eigenvalue weighted by Gasteiger charge is -2.33. The number of thiocarbonyl (C=S) groups is 1. The molecule has 1 N–H and O–H groups in total. The molecule has 2 aliphatic carbocycles. The minimum absolute atomic E-state index is 0.702. The minimum atomic E-state index is 0.702. The van der Waals surface area contributed by atoms with Gasteiger partial charge in [0.1, 0.15) is 0 Å². The Morgan fingerprint density at radius 1 is 1.06 bits per heavy atom. The quantitative estimate of drug-likeness (QED) is 0.707. The number of likely N-dealkylation sites (tertiary alicyclic amines) is 1. The number of hydrogen-bond donors (Lipinski definition) is 1. The second-order valence-corrected chi connectivity index (χ2v) is 6.17. The maximum absolute atomic E-state index is 5.54. The first-order chi connectivity index (χ1) is 7.83. The highest BCUT2D eigenvalue weighted by molar-refractivity contribution is 7.80. The monoisotopic (exact) mass is 238 g/mol. The van der Waals surface area contributed by atoms with Crippen LogP contribution in [0.2, 0.25) is 0 Å². The molecule has 0 radical (unpaired) electrons. The van der Waals surface area contributed by atoms with Gasteiger partial charge in [0.15, 0.2) is 5.11 Å². The van der Waals surface area contributed by atoms with Crippen LogP contribution < -0.4 is 5.32 Å². The van der Waals surface area contributed by atoms with Crippen LogP contribution in [0.15, 0.2) is 0 Å². The molecule has 2 bridgehead atoms. The van der Waals surface area contributed by atoms with Crippen molar-refractivity contribution < 1.29 is 0 Å². The van der Waals surface area contributed by atoms with E-state index >= 15 is 0 Å². The Kier molecular flexibility index (Phi) is 3.05. The first-order valence-corrected chi connectivity index (χ1v) is 7.29. The van der Waals surface area contributed by atoms with Crippen LogP contribution in [0.5, 0.6) is 0 Å². The maximum Gasteiger partial charge on any atom is 0.169 e. The Balaban J connectivity index is 1.52. The molecule has 3 heteroatoms. The van der Waals surface area contributed by atoms with Crippen LogP contribution in [-0.4, -0.2) is 29.1 Å². The zero-order chi connectivity index (χ0) is 11.0. The molecule has 0 spiro atoms. The Morgan fingerprint density at radius 2 is 1.88 bits per heavy atom. The van der Waals surface area contributed by atoms with E-state index in [0.717, 1.165) is 16.9 Å². The van der Waals surface area contributed by atoms with Gasteiger partial charge in [-0.25, -0.2) is 0 Å². The fourth-order valence-corrected chi connectivity index (χ4v) is 4.10. The second-order valence-electron chi connectivity index (χ2n) is 5.78. The van der Waals surface area contributed by atoms with Gasteiger partial charge in [0.2, 0.25) is 0 Å². The second kappa shape index (κ2) is 4.52. The zero-order valence-corrected chi connectivity index (χ0v) is 10.8. The lowest BCUT2D eigenvalue weighted by atomic mass is 9.95. The van der Waals surface area contributed by atoms with Crippen LogP contribution in [0.25, 0.3) is 0 Å². The molecule has 3 aliphatic rings. The highest BCUT2D eigenvalue weighted by atomic mass is 32.1. The Morgan fingerprint density at radius 3 is 2.50 bits per heavy atom. The van der Waals surface area contributed by atoms with Gasteiger partial charge in [0, 0.05) is 19.1 Å². The van der Waals surface area contributed by atoms with Crippen molar-refractivity contribution in [3.05, 3.63) is 0 Å². The smallest absolute Gasteiger partial charge is 0.169 e. The molecule has 3 atom stereocenters. The molecule has 0 aromatic heterocycles. The SMILES string of the molecule is S=C(N[C@@H]1C[C@H]2CC[C@H]1C2)N1CCCCC1. The largest absolute Gasteiger partial charge is 0.360 e. The topological polar surface area (TPSA) is 15.3 Å². The number of fused-ring (bicyclic) bond motifs is 2. The van der Waals surface area contributed by atoms with E-state index < -0.39 is 0 Å². The molecule has 0 unspecified atom stereocenters. The van der Waals surface area contributed by atoms with Gasteiger partial charge in [-0.3, -0.25) is 0 Å². The molecule has 2 saturated carbocycles. The predicted molar refractivity (Wildman–Crippen MR) is 70.4 cm³/mol. The molecule has 90 valence electrons. The van der Waals surface area contributed by atoms with Gasteiger partial charge in [-0.15, -0.1) is 0 Å². The molecule has 2 nitrogen and oxygen atoms in total. The summed E-state index contributed by atoms with van der Waals surface area (Å²) in [6, 6.07) is 0.702. The summed E-state index contributed by atoms with van der Waals surface area (Å²) in [4.78, 5) is 2.38. The summed E-state index contributed by atoms with van der Waals surface area (Å²) in [6.45, 7) is 2.35. The van der Waals surface area contributed by atoms with Crippen molar-refractivity contribution >= 4 is 17.3 Å². The third-order valence-electron chi connectivity index (χ3n) is 4.69. The van der Waals surface area contributed by atoms with Crippen molar-refractivity contribution in [3.63, 3.8) is 0 Å². The number of rotatable bonds is 1. The van der Waals surface area contributed by atoms with Gasteiger partial charge in [-0.2, -0.15) is 0 Å². The van der Waals surface area contributed by atoms with Gasteiger partial charge >= 0.3 is 0 Å². The fourth-order valence-electron chi connectivity index (χ4n) is 3.77. The van der Waals surface area contributed by atoms with Gasteiger partial charge in [0.05, 0.1) is 0 Å². The van der Waals surface area contributed by atoms with Gasteiger partial charge < -0.3 is 10.2 Å². The highest BCUT2D eigenvalue weighted by Crippen LogP contribution is 2.44. The van der Waals surface area contributed by atoms with Crippen molar-refractivity contribution in [2.24, 2.45) is 11.8 Å². The summed E-state index contributed by atoms with van der Waals surface area (Å²) in [6.07, 6.45) is 9.76. The van der Waals surface area contributed by atoms with E-state index in [1.807, 2.05) is 0 Å². The molecule has 3 rings (SSSR count). The molecule has 1 heterocycles. The lowest BCUT2D eigenvalue weighted by molar-refractivity contribution is 0.319. The van der Waals surface area contributed by atoms with Crippen LogP contribution in [0.1, 0.15) is 44.9 Å². The van der Waals surface area contributed by atoms with Crippen molar-refractivity contribution in [3.8, 4) is 0 Å². The van der Waals surface area contributed by atoms with Crippen LogP contribution in [0.4, 0.5) is 0 Å². The molecule has 3 fully saturated rings. The van der Waals surface area contributed by atoms with Crippen molar-refractivity contribution in [2.75, 3.05) is 13.1 Å². The summed E-state index contributed by atoms with van der Waals surface area (Å²) >= 11 is 5.54. The standard InChI is InChI=1S/C13H22N2S/c16-13(15-6-2-1-3-7-15)14-12-9-10-4-5-11(12)8-10/h10-12H,1-9H2,(H,14,16)/t10-,11-,12+/m0/s1. The van der Waals surface area contributed by atoms with Crippen LogP contribution in [-0.2, 0) is 0 Å². The summed E-state index contributed by atoms with van der Waals surface area (Å²) in [5, 5.41) is 4.68. The van der Waals surface area contributed by atoms with E-state index in [2.05, 4.69) is 10.2 Å². The Hall–Kier alpha value is -0.310. The normalized spacial score (nSPS) is 37.8. The van der Waals surface area contributed by atoms with Crippen molar-refractivity contribution in [1.82, 2.24) is 10.2 Å².